The summed E-state index contributed by atoms with van der Waals surface area (Å²) in [6, 6.07) is 3.30. The van der Waals surface area contributed by atoms with Gasteiger partial charge in [0.05, 0.1) is 17.9 Å². The van der Waals surface area contributed by atoms with Crippen LogP contribution in [0.15, 0.2) is 18.3 Å². The third kappa shape index (κ3) is 4.17. The van der Waals surface area contributed by atoms with Crippen LogP contribution in [0.4, 0.5) is 11.5 Å². The minimum absolute atomic E-state index is 0.194. The molecule has 1 aliphatic heterocycles. The van der Waals surface area contributed by atoms with Crippen LogP contribution in [-0.4, -0.2) is 30.0 Å². The fraction of sp³-hybridized carbons (Fsp3) is 0.625. The van der Waals surface area contributed by atoms with Gasteiger partial charge in [-0.15, -0.1) is 0 Å². The second kappa shape index (κ2) is 6.43. The van der Waals surface area contributed by atoms with E-state index in [4.69, 9.17) is 5.73 Å². The van der Waals surface area contributed by atoms with Gasteiger partial charge in [0.1, 0.15) is 5.82 Å². The lowest BCUT2D eigenvalue weighted by Gasteiger charge is -2.28. The van der Waals surface area contributed by atoms with Gasteiger partial charge in [-0.1, -0.05) is 20.8 Å². The molecule has 0 unspecified atom stereocenters. The second-order valence-electron chi connectivity index (χ2n) is 6.78. The van der Waals surface area contributed by atoms with Gasteiger partial charge in [0.2, 0.25) is 5.91 Å². The number of aromatic nitrogens is 1. The second-order valence-corrected chi connectivity index (χ2v) is 6.78. The minimum Gasteiger partial charge on any atom is -0.370 e. The Morgan fingerprint density at radius 1 is 1.29 bits per heavy atom. The number of amides is 1. The third-order valence-corrected chi connectivity index (χ3v) is 3.94. The highest BCUT2D eigenvalue weighted by atomic mass is 16.2. The first-order valence-corrected chi connectivity index (χ1v) is 7.65. The van der Waals surface area contributed by atoms with Crippen molar-refractivity contribution in [1.82, 2.24) is 4.98 Å². The Morgan fingerprint density at radius 2 is 1.95 bits per heavy atom. The molecule has 1 atom stereocenters. The smallest absolute Gasteiger partial charge is 0.242 e. The van der Waals surface area contributed by atoms with Gasteiger partial charge in [0.25, 0.3) is 0 Å². The molecular weight excluding hydrogens is 264 g/mol. The van der Waals surface area contributed by atoms with Gasteiger partial charge in [0.15, 0.2) is 0 Å². The molecule has 0 saturated carbocycles. The maximum atomic E-state index is 12.1. The first kappa shape index (κ1) is 15.8. The lowest BCUT2D eigenvalue weighted by molar-refractivity contribution is -0.119. The van der Waals surface area contributed by atoms with Crippen LogP contribution in [0.1, 0.15) is 40.0 Å². The predicted molar refractivity (Wildman–Crippen MR) is 86.4 cm³/mol. The Hall–Kier alpha value is -1.62. The number of nitrogens with two attached hydrogens (primary N) is 1. The van der Waals surface area contributed by atoms with Crippen molar-refractivity contribution in [2.45, 2.75) is 46.1 Å². The number of nitrogens with one attached hydrogen (secondary N) is 1. The molecule has 1 aromatic rings. The van der Waals surface area contributed by atoms with Crippen LogP contribution in [0.5, 0.6) is 0 Å². The van der Waals surface area contributed by atoms with Gasteiger partial charge in [-0.05, 0) is 36.8 Å². The maximum absolute atomic E-state index is 12.1. The number of hydrogen-bond acceptors (Lipinski definition) is 4. The van der Waals surface area contributed by atoms with Crippen molar-refractivity contribution in [2.24, 2.45) is 11.1 Å². The summed E-state index contributed by atoms with van der Waals surface area (Å²) in [5, 5.41) is 2.78. The largest absolute Gasteiger partial charge is 0.370 e. The van der Waals surface area contributed by atoms with Gasteiger partial charge in [0, 0.05) is 13.1 Å². The van der Waals surface area contributed by atoms with Crippen LogP contribution in [-0.2, 0) is 4.79 Å². The molecule has 1 aromatic heterocycles. The van der Waals surface area contributed by atoms with E-state index in [1.165, 1.54) is 19.3 Å². The first-order chi connectivity index (χ1) is 9.88. The number of rotatable bonds is 3. The molecule has 0 radical (unpaired) electrons. The quantitative estimate of drug-likeness (QED) is 0.896. The third-order valence-electron chi connectivity index (χ3n) is 3.94. The van der Waals surface area contributed by atoms with Crippen molar-refractivity contribution in [2.75, 3.05) is 23.3 Å². The lowest BCUT2D eigenvalue weighted by Crippen LogP contribution is -2.45. The van der Waals surface area contributed by atoms with Crippen LogP contribution in [0.3, 0.4) is 0 Å². The van der Waals surface area contributed by atoms with E-state index in [-0.39, 0.29) is 11.3 Å². The Balaban J connectivity index is 1.97. The van der Waals surface area contributed by atoms with Gasteiger partial charge >= 0.3 is 0 Å². The van der Waals surface area contributed by atoms with Crippen LogP contribution in [0, 0.1) is 5.41 Å². The highest BCUT2D eigenvalue weighted by Crippen LogP contribution is 2.21. The molecule has 1 fully saturated rings. The van der Waals surface area contributed by atoms with Crippen LogP contribution >= 0.6 is 0 Å². The van der Waals surface area contributed by atoms with Crippen molar-refractivity contribution < 1.29 is 4.79 Å². The van der Waals surface area contributed by atoms with E-state index in [0.717, 1.165) is 18.8 Å². The molecule has 1 aliphatic rings. The van der Waals surface area contributed by atoms with Crippen LogP contribution in [0.25, 0.3) is 0 Å². The number of anilines is 2. The molecule has 5 heteroatoms. The van der Waals surface area contributed by atoms with E-state index >= 15 is 0 Å². The number of hydrogen-bond donors (Lipinski definition) is 2. The van der Waals surface area contributed by atoms with Crippen molar-refractivity contribution >= 4 is 17.4 Å². The molecule has 0 bridgehead atoms. The summed E-state index contributed by atoms with van der Waals surface area (Å²) in [4.78, 5) is 18.7. The van der Waals surface area contributed by atoms with Gasteiger partial charge < -0.3 is 16.0 Å². The zero-order valence-electron chi connectivity index (χ0n) is 13.2. The molecule has 116 valence electrons. The molecule has 2 rings (SSSR count). The summed E-state index contributed by atoms with van der Waals surface area (Å²) >= 11 is 0. The highest BCUT2D eigenvalue weighted by Gasteiger charge is 2.27. The number of pyridine rings is 1. The average molecular weight is 290 g/mol. The molecule has 1 amide bonds. The Bertz CT molecular complexity index is 472. The first-order valence-electron chi connectivity index (χ1n) is 7.65. The number of carbonyl (C=O) groups excluding carboxylic acids is 1. The van der Waals surface area contributed by atoms with Crippen LogP contribution < -0.4 is 16.0 Å². The molecule has 21 heavy (non-hydrogen) atoms. The summed E-state index contributed by atoms with van der Waals surface area (Å²) in [6.45, 7) is 8.02. The monoisotopic (exact) mass is 290 g/mol. The van der Waals surface area contributed by atoms with E-state index < -0.39 is 6.04 Å². The number of nitrogens with zero attached hydrogens (tertiary/aromatic N) is 2. The van der Waals surface area contributed by atoms with Crippen molar-refractivity contribution in [1.29, 1.82) is 0 Å². The zero-order chi connectivity index (χ0) is 15.5. The Kier molecular flexibility index (Phi) is 4.83. The molecule has 0 aromatic carbocycles. The van der Waals surface area contributed by atoms with Gasteiger partial charge in [-0.25, -0.2) is 4.98 Å². The summed E-state index contributed by atoms with van der Waals surface area (Å²) in [7, 11) is 0. The highest BCUT2D eigenvalue weighted by molar-refractivity contribution is 5.94. The zero-order valence-corrected chi connectivity index (χ0v) is 13.2. The summed E-state index contributed by atoms with van der Waals surface area (Å²) in [6.07, 6.45) is 5.60. The molecule has 5 nitrogen and oxygen atoms in total. The molecule has 0 aliphatic carbocycles. The maximum Gasteiger partial charge on any atom is 0.242 e. The molecule has 2 heterocycles. The van der Waals surface area contributed by atoms with Gasteiger partial charge in [-0.3, -0.25) is 4.79 Å². The van der Waals surface area contributed by atoms with Gasteiger partial charge in [-0.2, -0.15) is 0 Å². The average Bonchev–Trinajstić information content (AvgIpc) is 2.47. The SMILES string of the molecule is CC(C)(C)[C@H](N)C(=O)Nc1ccc(N2CCCCC2)cn1. The molecular formula is C16H26N4O. The normalized spacial score (nSPS) is 17.4. The topological polar surface area (TPSA) is 71.2 Å². The van der Waals surface area contributed by atoms with Crippen molar-refractivity contribution in [3.63, 3.8) is 0 Å². The summed E-state index contributed by atoms with van der Waals surface area (Å²) < 4.78 is 0. The fourth-order valence-electron chi connectivity index (χ4n) is 2.40. The van der Waals surface area contributed by atoms with Crippen molar-refractivity contribution in [3.05, 3.63) is 18.3 Å². The van der Waals surface area contributed by atoms with E-state index in [0.29, 0.717) is 5.82 Å². The molecule has 3 N–H and O–H groups in total. The predicted octanol–water partition coefficient (Wildman–Crippen LogP) is 2.38. The Labute approximate surface area is 126 Å². The van der Waals surface area contributed by atoms with E-state index in [1.54, 1.807) is 0 Å². The van der Waals surface area contributed by atoms with Crippen molar-refractivity contribution in [3.8, 4) is 0 Å². The summed E-state index contributed by atoms with van der Waals surface area (Å²) in [5.74, 6) is 0.362. The standard InChI is InChI=1S/C16H26N4O/c1-16(2,3)14(17)15(21)19-13-8-7-12(11-18-13)20-9-5-4-6-10-20/h7-8,11,14H,4-6,9-10,17H2,1-3H3,(H,18,19,21)/t14-/m1/s1. The molecule has 1 saturated heterocycles. The Morgan fingerprint density at radius 3 is 2.48 bits per heavy atom. The number of piperidine rings is 1. The van der Waals surface area contributed by atoms with E-state index in [9.17, 15) is 4.79 Å². The van der Waals surface area contributed by atoms with E-state index in [2.05, 4.69) is 15.2 Å². The lowest BCUT2D eigenvalue weighted by atomic mass is 9.87. The van der Waals surface area contributed by atoms with Crippen LogP contribution in [0.2, 0.25) is 0 Å². The van der Waals surface area contributed by atoms with E-state index in [1.807, 2.05) is 39.1 Å². The molecule has 0 spiro atoms. The minimum atomic E-state index is -0.555. The fourth-order valence-corrected chi connectivity index (χ4v) is 2.40. The summed E-state index contributed by atoms with van der Waals surface area (Å²) in [5.41, 5.74) is 6.79. The number of carbonyl (C=O) groups is 1.